The number of amides is 1. The Kier molecular flexibility index (Phi) is 8.67. The van der Waals surface area contributed by atoms with E-state index in [-0.39, 0.29) is 17.4 Å². The fourth-order valence-electron chi connectivity index (χ4n) is 2.91. The zero-order chi connectivity index (χ0) is 21.3. The Morgan fingerprint density at radius 2 is 1.59 bits per heavy atom. The van der Waals surface area contributed by atoms with Gasteiger partial charge in [0.2, 0.25) is 10.0 Å². The number of nitrogens with one attached hydrogen (secondary N) is 2. The van der Waals surface area contributed by atoms with Crippen LogP contribution in [-0.2, 0) is 27.7 Å². The zero-order valence-corrected chi connectivity index (χ0v) is 18.1. The fourth-order valence-corrected chi connectivity index (χ4v) is 3.98. The summed E-state index contributed by atoms with van der Waals surface area (Å²) in [7, 11) is -3.52. The molecule has 2 N–H and O–H groups in total. The van der Waals surface area contributed by atoms with E-state index in [2.05, 4.69) is 10.0 Å². The minimum Gasteiger partial charge on any atom is -0.484 e. The Hall–Kier alpha value is -2.38. The molecule has 0 aliphatic carbocycles. The van der Waals surface area contributed by atoms with Gasteiger partial charge in [0.05, 0.1) is 4.90 Å². The van der Waals surface area contributed by atoms with Crippen molar-refractivity contribution >= 4 is 21.6 Å². The van der Waals surface area contributed by atoms with Crippen LogP contribution < -0.4 is 14.8 Å². The van der Waals surface area contributed by atoms with E-state index in [4.69, 9.17) is 4.74 Å². The van der Waals surface area contributed by atoms with Gasteiger partial charge >= 0.3 is 0 Å². The number of hydrogen-bond donors (Lipinski definition) is 2. The van der Waals surface area contributed by atoms with Crippen LogP contribution in [0, 0.1) is 0 Å². The highest BCUT2D eigenvalue weighted by atomic mass is 32.2. The summed E-state index contributed by atoms with van der Waals surface area (Å²) < 4.78 is 32.5. The summed E-state index contributed by atoms with van der Waals surface area (Å²) in [5.41, 5.74) is 3.02. The van der Waals surface area contributed by atoms with E-state index in [1.165, 1.54) is 12.1 Å². The van der Waals surface area contributed by atoms with E-state index in [1.807, 2.05) is 39.0 Å². The van der Waals surface area contributed by atoms with Gasteiger partial charge in [0.15, 0.2) is 6.61 Å². The molecule has 158 valence electrons. The molecule has 0 spiro atoms. The van der Waals surface area contributed by atoms with Crippen molar-refractivity contribution in [2.45, 2.75) is 51.3 Å². The molecular weight excluding hydrogens is 388 g/mol. The molecule has 0 radical (unpaired) electrons. The van der Waals surface area contributed by atoms with Crippen molar-refractivity contribution in [3.63, 3.8) is 0 Å². The van der Waals surface area contributed by atoms with E-state index in [9.17, 15) is 13.2 Å². The second kappa shape index (κ2) is 11.0. The Morgan fingerprint density at radius 1 is 0.966 bits per heavy atom. The van der Waals surface area contributed by atoms with Crippen LogP contribution in [0.5, 0.6) is 5.75 Å². The van der Waals surface area contributed by atoms with Crippen LogP contribution in [-0.4, -0.2) is 27.5 Å². The predicted molar refractivity (Wildman–Crippen MR) is 116 cm³/mol. The summed E-state index contributed by atoms with van der Waals surface area (Å²) >= 11 is 0. The summed E-state index contributed by atoms with van der Waals surface area (Å²) in [5.74, 6) is 0.186. The lowest BCUT2D eigenvalue weighted by Gasteiger charge is -2.15. The molecule has 0 bridgehead atoms. The van der Waals surface area contributed by atoms with Gasteiger partial charge in [-0.15, -0.1) is 0 Å². The van der Waals surface area contributed by atoms with Crippen LogP contribution in [0.2, 0.25) is 0 Å². The predicted octanol–water partition coefficient (Wildman–Crippen LogP) is 3.91. The summed E-state index contributed by atoms with van der Waals surface area (Å²) in [5, 5.41) is 2.95. The first-order chi connectivity index (χ1) is 13.9. The summed E-state index contributed by atoms with van der Waals surface area (Å²) in [6.45, 7) is 6.36. The van der Waals surface area contributed by atoms with Crippen molar-refractivity contribution in [2.24, 2.45) is 0 Å². The fraction of sp³-hybridized carbons (Fsp3) is 0.409. The van der Waals surface area contributed by atoms with Gasteiger partial charge in [0, 0.05) is 12.2 Å². The van der Waals surface area contributed by atoms with Crippen molar-refractivity contribution < 1.29 is 17.9 Å². The third-order valence-electron chi connectivity index (χ3n) is 4.59. The topological polar surface area (TPSA) is 84.5 Å². The minimum absolute atomic E-state index is 0.151. The lowest BCUT2D eigenvalue weighted by molar-refractivity contribution is -0.118. The van der Waals surface area contributed by atoms with Gasteiger partial charge in [-0.3, -0.25) is 4.79 Å². The number of anilines is 1. The Labute approximate surface area is 173 Å². The average molecular weight is 419 g/mol. The number of sulfonamides is 1. The third-order valence-corrected chi connectivity index (χ3v) is 6.07. The molecule has 0 aliphatic rings. The molecule has 0 heterocycles. The highest BCUT2D eigenvalue weighted by Crippen LogP contribution is 2.22. The van der Waals surface area contributed by atoms with Gasteiger partial charge in [-0.2, -0.15) is 0 Å². The van der Waals surface area contributed by atoms with Crippen molar-refractivity contribution in [2.75, 3.05) is 18.5 Å². The van der Waals surface area contributed by atoms with Crippen molar-refractivity contribution in [1.29, 1.82) is 0 Å². The third kappa shape index (κ3) is 6.58. The van der Waals surface area contributed by atoms with Gasteiger partial charge in [-0.25, -0.2) is 13.1 Å². The summed E-state index contributed by atoms with van der Waals surface area (Å²) in [6, 6.07) is 12.1. The van der Waals surface area contributed by atoms with Gasteiger partial charge < -0.3 is 10.1 Å². The Bertz CT molecular complexity index is 887. The first kappa shape index (κ1) is 22.9. The molecule has 2 rings (SSSR count). The molecule has 2 aromatic rings. The number of unbranched alkanes of at least 4 members (excludes halogenated alkanes) is 1. The molecule has 0 unspecified atom stereocenters. The highest BCUT2D eigenvalue weighted by Gasteiger charge is 2.14. The van der Waals surface area contributed by atoms with Gasteiger partial charge in [0.1, 0.15) is 5.75 Å². The normalized spacial score (nSPS) is 11.3. The maximum absolute atomic E-state index is 12.4. The molecule has 0 aromatic heterocycles. The number of carbonyl (C=O) groups is 1. The number of hydrogen-bond acceptors (Lipinski definition) is 4. The number of ether oxygens (including phenoxy) is 1. The highest BCUT2D eigenvalue weighted by molar-refractivity contribution is 7.89. The largest absolute Gasteiger partial charge is 0.484 e. The van der Waals surface area contributed by atoms with Crippen LogP contribution in [0.25, 0.3) is 0 Å². The first-order valence-corrected chi connectivity index (χ1v) is 11.5. The van der Waals surface area contributed by atoms with E-state index >= 15 is 0 Å². The van der Waals surface area contributed by atoms with Gasteiger partial charge in [-0.1, -0.05) is 45.4 Å². The molecular formula is C22H30N2O4S. The second-order valence-electron chi connectivity index (χ2n) is 6.72. The number of rotatable bonds is 11. The first-order valence-electron chi connectivity index (χ1n) is 10.0. The van der Waals surface area contributed by atoms with Crippen LogP contribution in [0.3, 0.4) is 0 Å². The molecule has 1 amide bonds. The molecule has 0 saturated carbocycles. The number of carbonyl (C=O) groups excluding carboxylic acids is 1. The van der Waals surface area contributed by atoms with Crippen molar-refractivity contribution in [3.8, 4) is 5.75 Å². The monoisotopic (exact) mass is 418 g/mol. The van der Waals surface area contributed by atoms with Gasteiger partial charge in [0.25, 0.3) is 5.91 Å². The van der Waals surface area contributed by atoms with Crippen LogP contribution in [0.4, 0.5) is 5.69 Å². The van der Waals surface area contributed by atoms with Crippen LogP contribution >= 0.6 is 0 Å². The number of benzene rings is 2. The number of para-hydroxylation sites is 1. The van der Waals surface area contributed by atoms with Gasteiger partial charge in [-0.05, 0) is 54.7 Å². The average Bonchev–Trinajstić information content (AvgIpc) is 2.72. The van der Waals surface area contributed by atoms with Crippen LogP contribution in [0.1, 0.15) is 44.7 Å². The zero-order valence-electron chi connectivity index (χ0n) is 17.3. The quantitative estimate of drug-likeness (QED) is 0.542. The molecule has 6 nitrogen and oxygen atoms in total. The maximum atomic E-state index is 12.4. The minimum atomic E-state index is -3.52. The van der Waals surface area contributed by atoms with E-state index in [0.29, 0.717) is 12.3 Å². The standard InChI is InChI=1S/C22H30N2O4S/c1-4-7-15-23-29(26,27)20-13-11-19(12-14-20)28-16-21(25)24-22-17(5-2)9-8-10-18(22)6-3/h8-14,23H,4-7,15-16H2,1-3H3,(H,24,25). The lowest BCUT2D eigenvalue weighted by atomic mass is 10.0. The van der Waals surface area contributed by atoms with Crippen molar-refractivity contribution in [1.82, 2.24) is 4.72 Å². The molecule has 29 heavy (non-hydrogen) atoms. The molecule has 7 heteroatoms. The molecule has 0 aliphatic heterocycles. The van der Waals surface area contributed by atoms with Crippen LogP contribution in [0.15, 0.2) is 47.4 Å². The summed E-state index contributed by atoms with van der Waals surface area (Å²) in [4.78, 5) is 12.5. The van der Waals surface area contributed by atoms with E-state index in [0.717, 1.165) is 42.5 Å². The smallest absolute Gasteiger partial charge is 0.262 e. The lowest BCUT2D eigenvalue weighted by Crippen LogP contribution is -2.24. The molecule has 0 saturated heterocycles. The Balaban J connectivity index is 1.96. The molecule has 0 fully saturated rings. The molecule has 0 atom stereocenters. The number of aryl methyl sites for hydroxylation is 2. The SMILES string of the molecule is CCCCNS(=O)(=O)c1ccc(OCC(=O)Nc2c(CC)cccc2CC)cc1. The van der Waals surface area contributed by atoms with E-state index < -0.39 is 10.0 Å². The Morgan fingerprint density at radius 3 is 2.14 bits per heavy atom. The second-order valence-corrected chi connectivity index (χ2v) is 8.48. The maximum Gasteiger partial charge on any atom is 0.262 e. The molecule has 2 aromatic carbocycles. The summed E-state index contributed by atoms with van der Waals surface area (Å²) in [6.07, 6.45) is 3.36. The van der Waals surface area contributed by atoms with Crippen molar-refractivity contribution in [3.05, 3.63) is 53.6 Å². The van der Waals surface area contributed by atoms with E-state index in [1.54, 1.807) is 12.1 Å².